The van der Waals surface area contributed by atoms with Crippen molar-refractivity contribution < 1.29 is 4.74 Å². The SMILES string of the molecule is CNC(c1ccc2c(c1)CC(C)O2)c1cc(Br)c(Br)s1. The van der Waals surface area contributed by atoms with Gasteiger partial charge in [-0.2, -0.15) is 0 Å². The van der Waals surface area contributed by atoms with Gasteiger partial charge in [-0.1, -0.05) is 12.1 Å². The molecule has 0 fully saturated rings. The highest BCUT2D eigenvalue weighted by molar-refractivity contribution is 9.13. The standard InChI is InChI=1S/C15H15Br2NOS/c1-8-5-10-6-9(3-4-12(10)19-8)14(18-2)13-7-11(16)15(17)20-13/h3-4,6-8,14,18H,5H2,1-2H3. The van der Waals surface area contributed by atoms with Crippen molar-refractivity contribution in [1.29, 1.82) is 0 Å². The number of rotatable bonds is 3. The van der Waals surface area contributed by atoms with E-state index < -0.39 is 0 Å². The van der Waals surface area contributed by atoms with Crippen molar-refractivity contribution in [3.05, 3.63) is 48.5 Å². The fraction of sp³-hybridized carbons (Fsp3) is 0.333. The third-order valence-corrected chi connectivity index (χ3v) is 6.81. The summed E-state index contributed by atoms with van der Waals surface area (Å²) in [7, 11) is 2.00. The summed E-state index contributed by atoms with van der Waals surface area (Å²) in [6, 6.07) is 8.89. The number of hydrogen-bond donors (Lipinski definition) is 1. The number of ether oxygens (including phenoxy) is 1. The van der Waals surface area contributed by atoms with Gasteiger partial charge in [-0.15, -0.1) is 11.3 Å². The molecule has 2 aromatic rings. The number of thiophene rings is 1. The minimum atomic E-state index is 0.212. The maximum Gasteiger partial charge on any atom is 0.123 e. The normalized spacial score (nSPS) is 18.7. The number of hydrogen-bond acceptors (Lipinski definition) is 3. The average Bonchev–Trinajstić information content (AvgIpc) is 2.93. The van der Waals surface area contributed by atoms with Crippen molar-refractivity contribution in [3.8, 4) is 5.75 Å². The Balaban J connectivity index is 1.96. The van der Waals surface area contributed by atoms with E-state index in [0.29, 0.717) is 6.10 Å². The topological polar surface area (TPSA) is 21.3 Å². The molecule has 5 heteroatoms. The minimum absolute atomic E-state index is 0.212. The molecule has 2 heterocycles. The Morgan fingerprint density at radius 3 is 2.80 bits per heavy atom. The first-order chi connectivity index (χ1) is 9.58. The predicted octanol–water partition coefficient (Wildman–Crippen LogP) is 4.91. The van der Waals surface area contributed by atoms with Crippen molar-refractivity contribution in [2.45, 2.75) is 25.5 Å². The van der Waals surface area contributed by atoms with Gasteiger partial charge in [0.15, 0.2) is 0 Å². The van der Waals surface area contributed by atoms with Gasteiger partial charge in [0.25, 0.3) is 0 Å². The third-order valence-electron chi connectivity index (χ3n) is 3.49. The van der Waals surface area contributed by atoms with Crippen LogP contribution in [0.15, 0.2) is 32.5 Å². The van der Waals surface area contributed by atoms with Crippen LogP contribution in [-0.4, -0.2) is 13.2 Å². The minimum Gasteiger partial charge on any atom is -0.490 e. The molecule has 1 N–H and O–H groups in total. The molecule has 106 valence electrons. The smallest absolute Gasteiger partial charge is 0.123 e. The van der Waals surface area contributed by atoms with Crippen molar-refractivity contribution in [1.82, 2.24) is 5.32 Å². The highest BCUT2D eigenvalue weighted by atomic mass is 79.9. The van der Waals surface area contributed by atoms with E-state index in [1.54, 1.807) is 11.3 Å². The second kappa shape index (κ2) is 5.79. The van der Waals surface area contributed by atoms with Gasteiger partial charge in [-0.05, 0) is 69.1 Å². The van der Waals surface area contributed by atoms with E-state index in [1.807, 2.05) is 7.05 Å². The molecule has 1 aliphatic rings. The predicted molar refractivity (Wildman–Crippen MR) is 90.9 cm³/mol. The van der Waals surface area contributed by atoms with Crippen LogP contribution in [0.25, 0.3) is 0 Å². The Bertz CT molecular complexity index is 621. The fourth-order valence-electron chi connectivity index (χ4n) is 2.60. The zero-order valence-electron chi connectivity index (χ0n) is 11.2. The Hall–Kier alpha value is -0.360. The van der Waals surface area contributed by atoms with Crippen molar-refractivity contribution in [2.24, 2.45) is 0 Å². The number of nitrogens with one attached hydrogen (secondary N) is 1. The summed E-state index contributed by atoms with van der Waals surface area (Å²) < 4.78 is 8.01. The maximum absolute atomic E-state index is 5.77. The lowest BCUT2D eigenvalue weighted by atomic mass is 10.0. The molecule has 1 aromatic heterocycles. The van der Waals surface area contributed by atoms with Gasteiger partial charge in [0.05, 0.1) is 9.83 Å². The lowest BCUT2D eigenvalue weighted by molar-refractivity contribution is 0.254. The summed E-state index contributed by atoms with van der Waals surface area (Å²) >= 11 is 8.88. The number of halogens is 2. The molecule has 1 aromatic carbocycles. The molecule has 2 unspecified atom stereocenters. The van der Waals surface area contributed by atoms with E-state index in [-0.39, 0.29) is 6.04 Å². The average molecular weight is 417 g/mol. The van der Waals surface area contributed by atoms with E-state index in [0.717, 1.165) is 20.4 Å². The Morgan fingerprint density at radius 2 is 2.15 bits per heavy atom. The molecule has 0 saturated heterocycles. The monoisotopic (exact) mass is 415 g/mol. The molecular formula is C15H15Br2NOS. The molecule has 0 spiro atoms. The van der Waals surface area contributed by atoms with Crippen LogP contribution < -0.4 is 10.1 Å². The molecule has 0 bridgehead atoms. The molecular weight excluding hydrogens is 402 g/mol. The van der Waals surface area contributed by atoms with Crippen LogP contribution in [0.3, 0.4) is 0 Å². The van der Waals surface area contributed by atoms with E-state index >= 15 is 0 Å². The quantitative estimate of drug-likeness (QED) is 0.767. The molecule has 1 aliphatic heterocycles. The van der Waals surface area contributed by atoms with Gasteiger partial charge in [0.1, 0.15) is 11.9 Å². The number of fused-ring (bicyclic) bond motifs is 1. The third kappa shape index (κ3) is 2.69. The highest BCUT2D eigenvalue weighted by Gasteiger charge is 2.22. The van der Waals surface area contributed by atoms with Crippen LogP contribution in [0.2, 0.25) is 0 Å². The zero-order valence-corrected chi connectivity index (χ0v) is 15.2. The Morgan fingerprint density at radius 1 is 1.35 bits per heavy atom. The van der Waals surface area contributed by atoms with Crippen molar-refractivity contribution in [2.75, 3.05) is 7.05 Å². The zero-order chi connectivity index (χ0) is 14.3. The van der Waals surface area contributed by atoms with Crippen LogP contribution in [-0.2, 0) is 6.42 Å². The molecule has 3 rings (SSSR count). The molecule has 0 saturated carbocycles. The fourth-order valence-corrected chi connectivity index (χ4v) is 4.83. The van der Waals surface area contributed by atoms with Gasteiger partial charge in [-0.3, -0.25) is 0 Å². The van der Waals surface area contributed by atoms with Crippen LogP contribution in [0.5, 0.6) is 5.75 Å². The van der Waals surface area contributed by atoms with Gasteiger partial charge < -0.3 is 10.1 Å². The molecule has 20 heavy (non-hydrogen) atoms. The summed E-state index contributed by atoms with van der Waals surface area (Å²) in [6.45, 7) is 2.11. The second-order valence-electron chi connectivity index (χ2n) is 4.99. The van der Waals surface area contributed by atoms with Gasteiger partial charge in [0, 0.05) is 15.8 Å². The second-order valence-corrected chi connectivity index (χ2v) is 8.25. The first-order valence-corrected chi connectivity index (χ1v) is 8.90. The van der Waals surface area contributed by atoms with Crippen LogP contribution in [0.1, 0.15) is 29.0 Å². The molecule has 2 atom stereocenters. The summed E-state index contributed by atoms with van der Waals surface area (Å²) in [5, 5.41) is 3.41. The van der Waals surface area contributed by atoms with Crippen LogP contribution >= 0.6 is 43.2 Å². The molecule has 2 nitrogen and oxygen atoms in total. The van der Waals surface area contributed by atoms with Crippen molar-refractivity contribution in [3.63, 3.8) is 0 Å². The van der Waals surface area contributed by atoms with E-state index in [9.17, 15) is 0 Å². The highest BCUT2D eigenvalue weighted by Crippen LogP contribution is 2.39. The largest absolute Gasteiger partial charge is 0.490 e. The molecule has 0 amide bonds. The van der Waals surface area contributed by atoms with Gasteiger partial charge in [0.2, 0.25) is 0 Å². The molecule has 0 radical (unpaired) electrons. The summed E-state index contributed by atoms with van der Waals surface area (Å²) in [4.78, 5) is 1.29. The van der Waals surface area contributed by atoms with Crippen molar-refractivity contribution >= 4 is 43.2 Å². The van der Waals surface area contributed by atoms with E-state index in [4.69, 9.17) is 4.74 Å². The number of benzene rings is 1. The Kier molecular flexibility index (Phi) is 4.22. The summed E-state index contributed by atoms with van der Waals surface area (Å²) in [5.74, 6) is 1.03. The summed E-state index contributed by atoms with van der Waals surface area (Å²) in [5.41, 5.74) is 2.59. The summed E-state index contributed by atoms with van der Waals surface area (Å²) in [6.07, 6.45) is 1.29. The van der Waals surface area contributed by atoms with Gasteiger partial charge >= 0.3 is 0 Å². The lowest BCUT2D eigenvalue weighted by Crippen LogP contribution is -2.16. The molecule has 0 aliphatic carbocycles. The van der Waals surface area contributed by atoms with Crippen LogP contribution in [0.4, 0.5) is 0 Å². The maximum atomic E-state index is 5.77. The van der Waals surface area contributed by atoms with E-state index in [1.165, 1.54) is 16.0 Å². The van der Waals surface area contributed by atoms with Crippen LogP contribution in [0, 0.1) is 0 Å². The first-order valence-electron chi connectivity index (χ1n) is 6.50. The van der Waals surface area contributed by atoms with Gasteiger partial charge in [-0.25, -0.2) is 0 Å². The first kappa shape index (κ1) is 14.6. The Labute approximate surface area is 139 Å². The van der Waals surface area contributed by atoms with E-state index in [2.05, 4.69) is 68.4 Å². The lowest BCUT2D eigenvalue weighted by Gasteiger charge is -2.15.